The number of aromatic nitrogens is 1. The summed E-state index contributed by atoms with van der Waals surface area (Å²) in [6, 6.07) is 15.3. The zero-order chi connectivity index (χ0) is 30.7. The molecule has 0 radical (unpaired) electrons. The first-order valence-electron chi connectivity index (χ1n) is 13.4. The number of halogens is 3. The molecule has 3 aromatic carbocycles. The molecule has 0 fully saturated rings. The second kappa shape index (κ2) is 12.5. The van der Waals surface area contributed by atoms with Gasteiger partial charge in [0.1, 0.15) is 0 Å². The number of pyridine rings is 1. The first-order chi connectivity index (χ1) is 19.9. The maximum Gasteiger partial charge on any atom is 0.416 e. The minimum atomic E-state index is -4.63. The number of hydrogen-bond acceptors (Lipinski definition) is 6. The average molecular weight is 600 g/mol. The molecule has 222 valence electrons. The summed E-state index contributed by atoms with van der Waals surface area (Å²) in [5.74, 6) is -0.458. The third-order valence-electron chi connectivity index (χ3n) is 6.85. The van der Waals surface area contributed by atoms with Crippen LogP contribution < -0.4 is 4.90 Å². The molecule has 0 bridgehead atoms. The van der Waals surface area contributed by atoms with Crippen LogP contribution in [0.15, 0.2) is 78.0 Å². The summed E-state index contributed by atoms with van der Waals surface area (Å²) in [5, 5.41) is 1.26. The van der Waals surface area contributed by atoms with Crippen molar-refractivity contribution in [2.45, 2.75) is 37.9 Å². The molecule has 11 heteroatoms. The zero-order valence-electron chi connectivity index (χ0n) is 23.8. The van der Waals surface area contributed by atoms with Crippen molar-refractivity contribution in [1.82, 2.24) is 9.29 Å². The molecule has 0 atom stereocenters. The predicted molar refractivity (Wildman–Crippen MR) is 157 cm³/mol. The maximum atomic E-state index is 14.1. The van der Waals surface area contributed by atoms with Crippen LogP contribution in [0.3, 0.4) is 0 Å². The number of ether oxygens (including phenoxy) is 1. The van der Waals surface area contributed by atoms with Gasteiger partial charge in [0.05, 0.1) is 23.5 Å². The molecule has 4 aromatic rings. The van der Waals surface area contributed by atoms with Gasteiger partial charge < -0.3 is 9.64 Å². The third kappa shape index (κ3) is 6.57. The third-order valence-corrected chi connectivity index (χ3v) is 8.83. The molecule has 0 saturated carbocycles. The lowest BCUT2D eigenvalue weighted by Gasteiger charge is -2.24. The van der Waals surface area contributed by atoms with Gasteiger partial charge in [-0.2, -0.15) is 17.5 Å². The SMILES string of the molecule is CCOC(=O)Cc1cncc(-c2ccc(C(F)(F)F)cc2CN(CC)S(=O)(=O)c2cccc3c(N(C)C)cccc23)c1. The van der Waals surface area contributed by atoms with E-state index in [1.165, 1.54) is 28.8 Å². The molecule has 1 heterocycles. The fourth-order valence-corrected chi connectivity index (χ4v) is 6.50. The molecule has 42 heavy (non-hydrogen) atoms. The quantitative estimate of drug-likeness (QED) is 0.199. The Labute approximate surface area is 243 Å². The van der Waals surface area contributed by atoms with Crippen molar-refractivity contribution >= 4 is 32.5 Å². The van der Waals surface area contributed by atoms with E-state index in [1.54, 1.807) is 38.1 Å². The first kappa shape index (κ1) is 31.0. The van der Waals surface area contributed by atoms with E-state index in [4.69, 9.17) is 4.74 Å². The average Bonchev–Trinajstić information content (AvgIpc) is 2.94. The number of sulfonamides is 1. The number of fused-ring (bicyclic) bond motifs is 1. The van der Waals surface area contributed by atoms with E-state index in [-0.39, 0.29) is 36.6 Å². The Kier molecular flexibility index (Phi) is 9.22. The molecular weight excluding hydrogens is 567 g/mol. The van der Waals surface area contributed by atoms with Gasteiger partial charge in [-0.05, 0) is 53.9 Å². The van der Waals surface area contributed by atoms with E-state index >= 15 is 0 Å². The fraction of sp³-hybridized carbons (Fsp3) is 0.290. The maximum absolute atomic E-state index is 14.1. The van der Waals surface area contributed by atoms with Crippen molar-refractivity contribution in [3.8, 4) is 11.1 Å². The Balaban J connectivity index is 1.81. The molecule has 0 aliphatic carbocycles. The van der Waals surface area contributed by atoms with Gasteiger partial charge in [0, 0.05) is 61.6 Å². The van der Waals surface area contributed by atoms with Crippen LogP contribution >= 0.6 is 0 Å². The number of rotatable bonds is 10. The number of anilines is 1. The number of esters is 1. The fourth-order valence-electron chi connectivity index (χ4n) is 4.87. The number of nitrogens with zero attached hydrogens (tertiary/aromatic N) is 3. The Morgan fingerprint density at radius 3 is 2.33 bits per heavy atom. The van der Waals surface area contributed by atoms with Gasteiger partial charge in [-0.15, -0.1) is 0 Å². The minimum absolute atomic E-state index is 0.0168. The summed E-state index contributed by atoms with van der Waals surface area (Å²) < 4.78 is 75.6. The molecule has 7 nitrogen and oxygen atoms in total. The standard InChI is InChI=1S/C31H32F3N3O4S/c1-5-37(42(39,40)29-12-8-9-26-27(29)10-7-11-28(26)36(3)4)20-23-17-24(31(32,33)34)13-14-25(23)22-15-21(18-35-19-22)16-30(38)41-6-2/h7-15,17-19H,5-6,16,20H2,1-4H3. The summed E-state index contributed by atoms with van der Waals surface area (Å²) in [6.45, 7) is 3.24. The molecule has 0 N–H and O–H groups in total. The molecule has 0 amide bonds. The number of hydrogen-bond donors (Lipinski definition) is 0. The molecule has 4 rings (SSSR count). The summed E-state index contributed by atoms with van der Waals surface area (Å²) in [4.78, 5) is 18.1. The van der Waals surface area contributed by atoms with Gasteiger partial charge in [0.15, 0.2) is 0 Å². The van der Waals surface area contributed by atoms with Gasteiger partial charge in [0.2, 0.25) is 10.0 Å². The van der Waals surface area contributed by atoms with E-state index in [0.29, 0.717) is 22.1 Å². The lowest BCUT2D eigenvalue weighted by atomic mass is 9.97. The van der Waals surface area contributed by atoms with Crippen molar-refractivity contribution in [2.24, 2.45) is 0 Å². The molecular formula is C31H32F3N3O4S. The molecule has 0 spiro atoms. The second-order valence-electron chi connectivity index (χ2n) is 9.89. The van der Waals surface area contributed by atoms with E-state index in [9.17, 15) is 26.4 Å². The number of benzene rings is 3. The first-order valence-corrected chi connectivity index (χ1v) is 14.8. The smallest absolute Gasteiger partial charge is 0.416 e. The summed E-state index contributed by atoms with van der Waals surface area (Å²) >= 11 is 0. The van der Waals surface area contributed by atoms with Gasteiger partial charge in [-0.3, -0.25) is 9.78 Å². The molecule has 0 aliphatic rings. The highest BCUT2D eigenvalue weighted by molar-refractivity contribution is 7.89. The number of alkyl halides is 3. The highest BCUT2D eigenvalue weighted by atomic mass is 32.2. The Morgan fingerprint density at radius 1 is 0.952 bits per heavy atom. The van der Waals surface area contributed by atoms with Crippen LogP contribution in [0.4, 0.5) is 18.9 Å². The molecule has 1 aromatic heterocycles. The van der Waals surface area contributed by atoms with Crippen molar-refractivity contribution in [1.29, 1.82) is 0 Å². The number of carbonyl (C=O) groups is 1. The summed E-state index contributed by atoms with van der Waals surface area (Å²) in [5.41, 5.74) is 1.44. The molecule has 0 aliphatic heterocycles. The Bertz CT molecular complexity index is 1710. The minimum Gasteiger partial charge on any atom is -0.466 e. The topological polar surface area (TPSA) is 79.8 Å². The van der Waals surface area contributed by atoms with Gasteiger partial charge >= 0.3 is 12.1 Å². The van der Waals surface area contributed by atoms with Crippen LogP contribution in [0, 0.1) is 0 Å². The zero-order valence-corrected chi connectivity index (χ0v) is 24.6. The second-order valence-corrected chi connectivity index (χ2v) is 11.8. The van der Waals surface area contributed by atoms with Crippen LogP contribution in [-0.4, -0.2) is 50.9 Å². The van der Waals surface area contributed by atoms with Crippen molar-refractivity contribution in [3.05, 3.63) is 89.7 Å². The van der Waals surface area contributed by atoms with Crippen LogP contribution in [0.5, 0.6) is 0 Å². The Morgan fingerprint density at radius 2 is 1.67 bits per heavy atom. The molecule has 0 saturated heterocycles. The number of carbonyl (C=O) groups excluding carboxylic acids is 1. The van der Waals surface area contributed by atoms with Crippen LogP contribution in [-0.2, 0) is 38.7 Å². The summed E-state index contributed by atoms with van der Waals surface area (Å²) in [7, 11) is -0.417. The monoisotopic (exact) mass is 599 g/mol. The van der Waals surface area contributed by atoms with Crippen LogP contribution in [0.25, 0.3) is 21.9 Å². The normalized spacial score (nSPS) is 12.1. The molecule has 0 unspecified atom stereocenters. The Hall–Kier alpha value is -3.96. The lowest BCUT2D eigenvalue weighted by Crippen LogP contribution is -2.31. The van der Waals surface area contributed by atoms with E-state index < -0.39 is 27.7 Å². The lowest BCUT2D eigenvalue weighted by molar-refractivity contribution is -0.142. The van der Waals surface area contributed by atoms with E-state index in [1.807, 2.05) is 31.1 Å². The van der Waals surface area contributed by atoms with Gasteiger partial charge in [-0.25, -0.2) is 8.42 Å². The highest BCUT2D eigenvalue weighted by Gasteiger charge is 2.32. The summed E-state index contributed by atoms with van der Waals surface area (Å²) in [6.07, 6.45) is -1.74. The van der Waals surface area contributed by atoms with Crippen LogP contribution in [0.1, 0.15) is 30.5 Å². The highest BCUT2D eigenvalue weighted by Crippen LogP contribution is 2.36. The van der Waals surface area contributed by atoms with Crippen molar-refractivity contribution < 1.29 is 31.1 Å². The van der Waals surface area contributed by atoms with Crippen molar-refractivity contribution in [2.75, 3.05) is 32.1 Å². The van der Waals surface area contributed by atoms with E-state index in [0.717, 1.165) is 23.2 Å². The van der Waals surface area contributed by atoms with Gasteiger partial charge in [-0.1, -0.05) is 37.3 Å². The van der Waals surface area contributed by atoms with Crippen LogP contribution in [0.2, 0.25) is 0 Å². The van der Waals surface area contributed by atoms with E-state index in [2.05, 4.69) is 4.98 Å². The van der Waals surface area contributed by atoms with Crippen molar-refractivity contribution in [3.63, 3.8) is 0 Å². The predicted octanol–water partition coefficient (Wildman–Crippen LogP) is 6.30. The largest absolute Gasteiger partial charge is 0.466 e. The van der Waals surface area contributed by atoms with Gasteiger partial charge in [0.25, 0.3) is 0 Å².